The lowest BCUT2D eigenvalue weighted by Gasteiger charge is -2.15. The molecule has 0 aliphatic heterocycles. The fourth-order valence-electron chi connectivity index (χ4n) is 1.81. The number of primary amides is 1. The molecule has 20 heavy (non-hydrogen) atoms. The number of nitrogens with two attached hydrogens (primary N) is 2. The smallest absolute Gasteiger partial charge is 0.250 e. The number of halogens is 1. The molecule has 0 radical (unpaired) electrons. The number of rotatable bonds is 4. The molecule has 0 saturated heterocycles. The van der Waals surface area contributed by atoms with Gasteiger partial charge in [-0.1, -0.05) is 12.1 Å². The summed E-state index contributed by atoms with van der Waals surface area (Å²) < 4.78 is 12.9. The number of aromatic nitrogens is 1. The number of anilines is 2. The average molecular weight is 274 g/mol. The van der Waals surface area contributed by atoms with Gasteiger partial charge in [0, 0.05) is 6.04 Å². The van der Waals surface area contributed by atoms with Crippen molar-refractivity contribution in [3.8, 4) is 0 Å². The number of nitrogen functional groups attached to an aromatic ring is 1. The summed E-state index contributed by atoms with van der Waals surface area (Å²) in [6.45, 7) is 1.90. The highest BCUT2D eigenvalue weighted by atomic mass is 19.1. The Balaban J connectivity index is 2.19. The van der Waals surface area contributed by atoms with E-state index in [4.69, 9.17) is 11.5 Å². The van der Waals surface area contributed by atoms with Crippen molar-refractivity contribution in [2.45, 2.75) is 13.0 Å². The lowest BCUT2D eigenvalue weighted by atomic mass is 10.1. The van der Waals surface area contributed by atoms with E-state index in [1.54, 1.807) is 12.1 Å². The van der Waals surface area contributed by atoms with Crippen LogP contribution in [0.15, 0.2) is 36.5 Å². The van der Waals surface area contributed by atoms with E-state index >= 15 is 0 Å². The summed E-state index contributed by atoms with van der Waals surface area (Å²) in [7, 11) is 0. The maximum absolute atomic E-state index is 12.9. The van der Waals surface area contributed by atoms with Crippen molar-refractivity contribution in [3.05, 3.63) is 53.5 Å². The van der Waals surface area contributed by atoms with Crippen molar-refractivity contribution in [1.82, 2.24) is 4.98 Å². The van der Waals surface area contributed by atoms with Gasteiger partial charge < -0.3 is 16.8 Å². The van der Waals surface area contributed by atoms with Crippen molar-refractivity contribution >= 4 is 17.4 Å². The van der Waals surface area contributed by atoms with Gasteiger partial charge in [0.1, 0.15) is 11.6 Å². The van der Waals surface area contributed by atoms with E-state index in [0.29, 0.717) is 5.82 Å². The Labute approximate surface area is 115 Å². The van der Waals surface area contributed by atoms with Crippen molar-refractivity contribution in [2.24, 2.45) is 5.73 Å². The molecule has 6 heteroatoms. The van der Waals surface area contributed by atoms with Crippen molar-refractivity contribution < 1.29 is 9.18 Å². The van der Waals surface area contributed by atoms with E-state index in [-0.39, 0.29) is 23.1 Å². The van der Waals surface area contributed by atoms with Crippen molar-refractivity contribution in [3.63, 3.8) is 0 Å². The Bertz CT molecular complexity index is 628. The molecule has 0 aliphatic carbocycles. The summed E-state index contributed by atoms with van der Waals surface area (Å²) in [6.07, 6.45) is 1.37. The van der Waals surface area contributed by atoms with Gasteiger partial charge in [0.2, 0.25) is 0 Å². The lowest BCUT2D eigenvalue weighted by molar-refractivity contribution is 0.100. The number of carbonyl (C=O) groups is 1. The van der Waals surface area contributed by atoms with Gasteiger partial charge >= 0.3 is 0 Å². The van der Waals surface area contributed by atoms with E-state index < -0.39 is 5.91 Å². The summed E-state index contributed by atoms with van der Waals surface area (Å²) in [5.74, 6) is -0.421. The van der Waals surface area contributed by atoms with E-state index in [1.165, 1.54) is 24.4 Å². The first-order valence-corrected chi connectivity index (χ1v) is 6.04. The molecule has 1 unspecified atom stereocenters. The summed E-state index contributed by atoms with van der Waals surface area (Å²) in [6, 6.07) is 7.53. The second-order valence-electron chi connectivity index (χ2n) is 4.44. The molecular formula is C14H15FN4O. The quantitative estimate of drug-likeness (QED) is 0.795. The highest BCUT2D eigenvalue weighted by Gasteiger charge is 2.10. The highest BCUT2D eigenvalue weighted by Crippen LogP contribution is 2.20. The first kappa shape index (κ1) is 13.8. The normalized spacial score (nSPS) is 11.9. The Morgan fingerprint density at radius 3 is 2.60 bits per heavy atom. The van der Waals surface area contributed by atoms with Gasteiger partial charge in [-0.3, -0.25) is 4.79 Å². The maximum Gasteiger partial charge on any atom is 0.250 e. The molecule has 1 amide bonds. The fraction of sp³-hybridized carbons (Fsp3) is 0.143. The van der Waals surface area contributed by atoms with Crippen LogP contribution in [0.5, 0.6) is 0 Å². The Morgan fingerprint density at radius 1 is 1.35 bits per heavy atom. The number of amides is 1. The molecule has 1 aromatic carbocycles. The molecule has 1 heterocycles. The van der Waals surface area contributed by atoms with E-state index in [1.807, 2.05) is 6.92 Å². The van der Waals surface area contributed by atoms with E-state index in [2.05, 4.69) is 10.3 Å². The SMILES string of the molecule is CC(Nc1cc(C(N)=O)c(N)cn1)c1ccc(F)cc1. The van der Waals surface area contributed by atoms with Crippen LogP contribution in [0.3, 0.4) is 0 Å². The topological polar surface area (TPSA) is 94.0 Å². The standard InChI is InChI=1S/C14H15FN4O/c1-8(9-2-4-10(15)5-3-9)19-13-6-11(14(17)20)12(16)7-18-13/h2-8H,16H2,1H3,(H2,17,20)(H,18,19). The second kappa shape index (κ2) is 5.56. The Hall–Kier alpha value is -2.63. The predicted molar refractivity (Wildman–Crippen MR) is 75.6 cm³/mol. The zero-order valence-corrected chi connectivity index (χ0v) is 10.9. The fourth-order valence-corrected chi connectivity index (χ4v) is 1.81. The molecule has 104 valence electrons. The van der Waals surface area contributed by atoms with Gasteiger partial charge in [0.25, 0.3) is 5.91 Å². The molecule has 1 aromatic heterocycles. The molecule has 2 aromatic rings. The van der Waals surface area contributed by atoms with Crippen LogP contribution in [-0.4, -0.2) is 10.9 Å². The van der Waals surface area contributed by atoms with Crippen LogP contribution in [0.2, 0.25) is 0 Å². The third kappa shape index (κ3) is 3.03. The molecule has 0 fully saturated rings. The molecule has 1 atom stereocenters. The summed E-state index contributed by atoms with van der Waals surface area (Å²) in [4.78, 5) is 15.3. The van der Waals surface area contributed by atoms with E-state index in [0.717, 1.165) is 5.56 Å². The van der Waals surface area contributed by atoms with Crippen molar-refractivity contribution in [2.75, 3.05) is 11.1 Å². The molecule has 0 aliphatic rings. The molecule has 0 bridgehead atoms. The first-order valence-electron chi connectivity index (χ1n) is 6.04. The van der Waals surface area contributed by atoms with Crippen LogP contribution >= 0.6 is 0 Å². The molecule has 0 spiro atoms. The van der Waals surface area contributed by atoms with Crippen LogP contribution < -0.4 is 16.8 Å². The minimum Gasteiger partial charge on any atom is -0.397 e. The summed E-state index contributed by atoms with van der Waals surface area (Å²) >= 11 is 0. The van der Waals surface area contributed by atoms with Crippen LogP contribution in [0.1, 0.15) is 28.9 Å². The monoisotopic (exact) mass is 274 g/mol. The summed E-state index contributed by atoms with van der Waals surface area (Å²) in [5.41, 5.74) is 12.2. The van der Waals surface area contributed by atoms with Gasteiger partial charge in [-0.2, -0.15) is 0 Å². The third-order valence-electron chi connectivity index (χ3n) is 2.93. The van der Waals surface area contributed by atoms with Crippen molar-refractivity contribution in [1.29, 1.82) is 0 Å². The number of hydrogen-bond donors (Lipinski definition) is 3. The number of carbonyl (C=O) groups excluding carboxylic acids is 1. The van der Waals surface area contributed by atoms with Gasteiger partial charge in [-0.25, -0.2) is 9.37 Å². The molecule has 2 rings (SSSR count). The first-order chi connectivity index (χ1) is 9.47. The number of nitrogens with zero attached hydrogens (tertiary/aromatic N) is 1. The zero-order chi connectivity index (χ0) is 14.7. The average Bonchev–Trinajstić information content (AvgIpc) is 2.41. The van der Waals surface area contributed by atoms with Gasteiger partial charge in [-0.05, 0) is 30.7 Å². The lowest BCUT2D eigenvalue weighted by Crippen LogP contribution is -2.15. The number of nitrogens with one attached hydrogen (secondary N) is 1. The number of hydrogen-bond acceptors (Lipinski definition) is 4. The molecule has 0 saturated carbocycles. The van der Waals surface area contributed by atoms with Crippen LogP contribution in [0.25, 0.3) is 0 Å². The van der Waals surface area contributed by atoms with Crippen LogP contribution in [0, 0.1) is 5.82 Å². The Morgan fingerprint density at radius 2 is 2.00 bits per heavy atom. The maximum atomic E-state index is 12.9. The minimum atomic E-state index is -0.609. The number of pyridine rings is 1. The van der Waals surface area contributed by atoms with Crippen LogP contribution in [-0.2, 0) is 0 Å². The van der Waals surface area contributed by atoms with Gasteiger partial charge in [0.15, 0.2) is 0 Å². The van der Waals surface area contributed by atoms with Gasteiger partial charge in [-0.15, -0.1) is 0 Å². The van der Waals surface area contributed by atoms with Gasteiger partial charge in [0.05, 0.1) is 17.4 Å². The molecule has 5 N–H and O–H groups in total. The molecule has 5 nitrogen and oxygen atoms in total. The molecular weight excluding hydrogens is 259 g/mol. The van der Waals surface area contributed by atoms with E-state index in [9.17, 15) is 9.18 Å². The minimum absolute atomic E-state index is 0.104. The Kier molecular flexibility index (Phi) is 3.84. The largest absolute Gasteiger partial charge is 0.397 e. The zero-order valence-electron chi connectivity index (χ0n) is 10.9. The highest BCUT2D eigenvalue weighted by molar-refractivity contribution is 5.98. The third-order valence-corrected chi connectivity index (χ3v) is 2.93. The summed E-state index contributed by atoms with van der Waals surface area (Å²) in [5, 5.41) is 3.10. The van der Waals surface area contributed by atoms with Crippen LogP contribution in [0.4, 0.5) is 15.9 Å². The predicted octanol–water partition coefficient (Wildman–Crippen LogP) is 2.07. The second-order valence-corrected chi connectivity index (χ2v) is 4.44. The number of benzene rings is 1.